The molecule has 8 nitrogen and oxygen atoms in total. The van der Waals surface area contributed by atoms with Gasteiger partial charge in [0, 0.05) is 19.2 Å². The molecule has 8 heteroatoms. The number of hydrogen-bond acceptors (Lipinski definition) is 4. The van der Waals surface area contributed by atoms with Gasteiger partial charge in [-0.05, 0) is 25.7 Å². The third-order valence-corrected chi connectivity index (χ3v) is 3.31. The first-order chi connectivity index (χ1) is 9.45. The minimum atomic E-state index is -1.45. The summed E-state index contributed by atoms with van der Waals surface area (Å²) in [7, 11) is 0. The van der Waals surface area contributed by atoms with Crippen molar-refractivity contribution in [3.63, 3.8) is 0 Å². The van der Waals surface area contributed by atoms with E-state index in [0.29, 0.717) is 13.0 Å². The van der Waals surface area contributed by atoms with Crippen LogP contribution in [0.3, 0.4) is 0 Å². The summed E-state index contributed by atoms with van der Waals surface area (Å²) in [5.74, 6) is -2.67. The van der Waals surface area contributed by atoms with Crippen molar-refractivity contribution in [2.24, 2.45) is 0 Å². The number of nitrogens with one attached hydrogen (secondary N) is 1. The Bertz CT molecular complexity index is 369. The van der Waals surface area contributed by atoms with Crippen molar-refractivity contribution in [3.8, 4) is 0 Å². The number of urea groups is 1. The van der Waals surface area contributed by atoms with Crippen LogP contribution in [0.2, 0.25) is 0 Å². The Hall–Kier alpha value is -1.83. The Labute approximate surface area is 116 Å². The van der Waals surface area contributed by atoms with Crippen LogP contribution in [0.4, 0.5) is 4.79 Å². The van der Waals surface area contributed by atoms with Crippen LogP contribution in [0.25, 0.3) is 0 Å². The van der Waals surface area contributed by atoms with Crippen molar-refractivity contribution in [3.05, 3.63) is 0 Å². The summed E-state index contributed by atoms with van der Waals surface area (Å²) in [6.07, 6.45) is 2.43. The average molecular weight is 288 g/mol. The van der Waals surface area contributed by atoms with Gasteiger partial charge in [-0.1, -0.05) is 0 Å². The lowest BCUT2D eigenvalue weighted by Crippen LogP contribution is -2.53. The summed E-state index contributed by atoms with van der Waals surface area (Å²) in [4.78, 5) is 35.0. The van der Waals surface area contributed by atoms with E-state index in [4.69, 9.17) is 15.3 Å². The zero-order chi connectivity index (χ0) is 15.1. The molecular formula is C12H20N2O6. The van der Waals surface area contributed by atoms with Crippen LogP contribution in [0, 0.1) is 0 Å². The van der Waals surface area contributed by atoms with Gasteiger partial charge in [0.15, 0.2) is 0 Å². The van der Waals surface area contributed by atoms with Crippen LogP contribution in [-0.2, 0) is 9.59 Å². The fourth-order valence-corrected chi connectivity index (χ4v) is 2.00. The second-order valence-electron chi connectivity index (χ2n) is 4.79. The number of hydrogen-bond donors (Lipinski definition) is 4. The quantitative estimate of drug-likeness (QED) is 0.492. The van der Waals surface area contributed by atoms with Gasteiger partial charge in [-0.15, -0.1) is 0 Å². The highest BCUT2D eigenvalue weighted by atomic mass is 16.4. The smallest absolute Gasteiger partial charge is 0.326 e. The van der Waals surface area contributed by atoms with E-state index >= 15 is 0 Å². The van der Waals surface area contributed by atoms with Gasteiger partial charge >= 0.3 is 18.0 Å². The van der Waals surface area contributed by atoms with Crippen molar-refractivity contribution in [1.29, 1.82) is 0 Å². The molecule has 0 aliphatic heterocycles. The van der Waals surface area contributed by atoms with E-state index in [-0.39, 0.29) is 12.6 Å². The molecule has 1 unspecified atom stereocenters. The lowest BCUT2D eigenvalue weighted by molar-refractivity contribution is -0.145. The minimum Gasteiger partial charge on any atom is -0.481 e. The maximum atomic E-state index is 12.1. The Balaban J connectivity index is 2.62. The molecule has 0 bridgehead atoms. The number of carboxylic acid groups (broad SMARTS) is 2. The van der Waals surface area contributed by atoms with Crippen molar-refractivity contribution in [2.45, 2.75) is 44.2 Å². The number of amides is 2. The number of carbonyl (C=O) groups excluding carboxylic acids is 1. The van der Waals surface area contributed by atoms with Crippen LogP contribution in [0.5, 0.6) is 0 Å². The van der Waals surface area contributed by atoms with E-state index in [1.165, 1.54) is 4.90 Å². The molecule has 0 radical (unpaired) electrons. The van der Waals surface area contributed by atoms with E-state index in [1.54, 1.807) is 0 Å². The van der Waals surface area contributed by atoms with Gasteiger partial charge in [0.1, 0.15) is 6.04 Å². The van der Waals surface area contributed by atoms with E-state index in [1.807, 2.05) is 0 Å². The Morgan fingerprint density at radius 2 is 1.90 bits per heavy atom. The molecule has 20 heavy (non-hydrogen) atoms. The molecule has 0 aromatic carbocycles. The van der Waals surface area contributed by atoms with Crippen molar-refractivity contribution < 1.29 is 29.7 Å². The molecule has 1 atom stereocenters. The maximum absolute atomic E-state index is 12.1. The maximum Gasteiger partial charge on any atom is 0.326 e. The normalized spacial score (nSPS) is 16.1. The Morgan fingerprint density at radius 3 is 2.30 bits per heavy atom. The van der Waals surface area contributed by atoms with Crippen LogP contribution in [0.1, 0.15) is 32.1 Å². The Morgan fingerprint density at radius 1 is 1.25 bits per heavy atom. The predicted molar refractivity (Wildman–Crippen MR) is 68.3 cm³/mol. The minimum absolute atomic E-state index is 0.0424. The van der Waals surface area contributed by atoms with E-state index in [2.05, 4.69) is 5.32 Å². The van der Waals surface area contributed by atoms with Gasteiger partial charge in [0.25, 0.3) is 0 Å². The fourth-order valence-electron chi connectivity index (χ4n) is 2.00. The molecule has 1 fully saturated rings. The number of aliphatic hydroxyl groups excluding tert-OH is 1. The molecule has 1 rings (SSSR count). The number of carboxylic acids is 2. The van der Waals surface area contributed by atoms with E-state index in [9.17, 15) is 14.4 Å². The predicted octanol–water partition coefficient (Wildman–Crippen LogP) is -0.139. The van der Waals surface area contributed by atoms with Crippen molar-refractivity contribution in [1.82, 2.24) is 10.2 Å². The molecule has 0 aromatic rings. The van der Waals surface area contributed by atoms with E-state index < -0.39 is 30.4 Å². The zero-order valence-electron chi connectivity index (χ0n) is 11.1. The van der Waals surface area contributed by atoms with Gasteiger partial charge in [-0.3, -0.25) is 4.79 Å². The first kappa shape index (κ1) is 16.2. The number of nitrogens with zero attached hydrogens (tertiary/aromatic N) is 1. The summed E-state index contributed by atoms with van der Waals surface area (Å²) in [6, 6.07) is -1.99. The lowest BCUT2D eigenvalue weighted by atomic mass is 9.91. The van der Waals surface area contributed by atoms with E-state index in [0.717, 1.165) is 19.3 Å². The molecule has 4 N–H and O–H groups in total. The molecule has 114 valence electrons. The molecule has 1 aliphatic carbocycles. The van der Waals surface area contributed by atoms with Crippen LogP contribution >= 0.6 is 0 Å². The molecule has 0 aromatic heterocycles. The summed E-state index contributed by atoms with van der Waals surface area (Å²) in [5.41, 5.74) is 0. The van der Waals surface area contributed by atoms with Crippen LogP contribution in [0.15, 0.2) is 0 Å². The lowest BCUT2D eigenvalue weighted by Gasteiger charge is -2.38. The fraction of sp³-hybridized carbons (Fsp3) is 0.750. The number of aliphatic hydroxyl groups is 1. The number of carbonyl (C=O) groups is 3. The second kappa shape index (κ2) is 7.68. The van der Waals surface area contributed by atoms with Crippen molar-refractivity contribution >= 4 is 18.0 Å². The number of aliphatic carboxylic acids is 2. The van der Waals surface area contributed by atoms with Gasteiger partial charge in [-0.25, -0.2) is 9.59 Å². The summed E-state index contributed by atoms with van der Waals surface area (Å²) in [6.45, 7) is 0.264. The SMILES string of the molecule is O=C(O)CC(NC(=O)N(CCCO)C1CCC1)C(=O)O. The summed E-state index contributed by atoms with van der Waals surface area (Å²) < 4.78 is 0. The number of rotatable bonds is 8. The molecule has 1 saturated carbocycles. The second-order valence-corrected chi connectivity index (χ2v) is 4.79. The standard InChI is InChI=1S/C12H20N2O6/c15-6-2-5-14(8-3-1-4-8)12(20)13-9(11(18)19)7-10(16)17/h8-9,15H,1-7H2,(H,13,20)(H,16,17)(H,18,19). The van der Waals surface area contributed by atoms with Crippen LogP contribution in [-0.4, -0.2) is 63.4 Å². The molecule has 0 saturated heterocycles. The van der Waals surface area contributed by atoms with Crippen molar-refractivity contribution in [2.75, 3.05) is 13.2 Å². The van der Waals surface area contributed by atoms with Gasteiger partial charge in [-0.2, -0.15) is 0 Å². The highest BCUT2D eigenvalue weighted by Crippen LogP contribution is 2.25. The molecular weight excluding hydrogens is 268 g/mol. The highest BCUT2D eigenvalue weighted by Gasteiger charge is 2.31. The molecule has 2 amide bonds. The van der Waals surface area contributed by atoms with Gasteiger partial charge in [0.2, 0.25) is 0 Å². The monoisotopic (exact) mass is 288 g/mol. The highest BCUT2D eigenvalue weighted by molar-refractivity contribution is 5.86. The van der Waals surface area contributed by atoms with Gasteiger partial charge in [0.05, 0.1) is 6.42 Å². The topological polar surface area (TPSA) is 127 Å². The molecule has 0 spiro atoms. The summed E-state index contributed by atoms with van der Waals surface area (Å²) >= 11 is 0. The first-order valence-electron chi connectivity index (χ1n) is 6.58. The van der Waals surface area contributed by atoms with Crippen LogP contribution < -0.4 is 5.32 Å². The Kier molecular flexibility index (Phi) is 6.23. The largest absolute Gasteiger partial charge is 0.481 e. The molecule has 0 heterocycles. The third-order valence-electron chi connectivity index (χ3n) is 3.31. The average Bonchev–Trinajstić information content (AvgIpc) is 2.30. The molecule has 1 aliphatic rings. The zero-order valence-corrected chi connectivity index (χ0v) is 11.1. The van der Waals surface area contributed by atoms with Gasteiger partial charge < -0.3 is 25.5 Å². The summed E-state index contributed by atoms with van der Waals surface area (Å²) in [5, 5.41) is 28.6. The first-order valence-corrected chi connectivity index (χ1v) is 6.58. The third kappa shape index (κ3) is 4.69.